The summed E-state index contributed by atoms with van der Waals surface area (Å²) in [4.78, 5) is 24.9. The molecule has 0 aromatic rings. The molecule has 0 spiro atoms. The second-order valence-corrected chi connectivity index (χ2v) is 14.5. The number of ketones is 2. The summed E-state index contributed by atoms with van der Waals surface area (Å²) < 4.78 is 32.3. The van der Waals surface area contributed by atoms with Gasteiger partial charge in [0, 0.05) is 24.3 Å². The van der Waals surface area contributed by atoms with E-state index in [4.69, 9.17) is 3.63 Å². The van der Waals surface area contributed by atoms with Crippen molar-refractivity contribution in [3.05, 3.63) is 0 Å². The lowest BCUT2D eigenvalue weighted by molar-refractivity contribution is -0.128. The summed E-state index contributed by atoms with van der Waals surface area (Å²) in [5, 5.41) is 0. The molecule has 1 heterocycles. The molecule has 3 fully saturated rings. The van der Waals surface area contributed by atoms with Gasteiger partial charge in [-0.05, 0) is 42.9 Å². The third-order valence-electron chi connectivity index (χ3n) is 7.43. The van der Waals surface area contributed by atoms with E-state index in [1.54, 1.807) is 0 Å². The van der Waals surface area contributed by atoms with Gasteiger partial charge in [-0.1, -0.05) is 27.7 Å². The van der Waals surface area contributed by atoms with E-state index in [1.165, 1.54) is 0 Å². The number of fused-ring (bicyclic) bond motifs is 2. The molecule has 0 amide bonds. The Kier molecular flexibility index (Phi) is 5.63. The van der Waals surface area contributed by atoms with Crippen molar-refractivity contribution in [3.63, 3.8) is 0 Å². The lowest BCUT2D eigenvalue weighted by Gasteiger charge is -2.44. The Morgan fingerprint density at radius 3 is 2.52 bits per heavy atom. The molecule has 3 rings (SSSR count). The number of rotatable bonds is 7. The van der Waals surface area contributed by atoms with E-state index in [1.807, 2.05) is 20.8 Å². The van der Waals surface area contributed by atoms with Gasteiger partial charge in [0.05, 0.1) is 16.9 Å². The van der Waals surface area contributed by atoms with E-state index in [0.717, 1.165) is 19.3 Å². The molecule has 0 aromatic heterocycles. The highest BCUT2D eigenvalue weighted by Crippen LogP contribution is 2.65. The maximum absolute atomic E-state index is 13.2. The summed E-state index contributed by atoms with van der Waals surface area (Å²) in [6.45, 7) is 8.00. The number of carbonyl (C=O) groups is 2. The van der Waals surface area contributed by atoms with Gasteiger partial charge in [-0.2, -0.15) is 8.42 Å². The van der Waals surface area contributed by atoms with Gasteiger partial charge in [0.25, 0.3) is 10.1 Å². The minimum Gasteiger partial charge on any atom is -0.299 e. The zero-order valence-corrected chi connectivity index (χ0v) is 18.7. The zero-order valence-electron chi connectivity index (χ0n) is 17.1. The monoisotopic (exact) mass is 418 g/mol. The average molecular weight is 419 g/mol. The maximum atomic E-state index is 13.2. The van der Waals surface area contributed by atoms with Crippen LogP contribution in [0.25, 0.3) is 0 Å². The minimum absolute atomic E-state index is 0.0747. The van der Waals surface area contributed by atoms with Gasteiger partial charge >= 0.3 is 0 Å². The summed E-state index contributed by atoms with van der Waals surface area (Å²) >= 11 is 0. The number of hydrogen-bond acceptors (Lipinski definition) is 5. The summed E-state index contributed by atoms with van der Waals surface area (Å²) in [5.41, 5.74) is -1.12. The minimum atomic E-state index is -3.88. The smallest absolute Gasteiger partial charge is 0.277 e. The van der Waals surface area contributed by atoms with Crippen LogP contribution < -0.4 is 0 Å². The molecule has 0 radical (unpaired) electrons. The van der Waals surface area contributed by atoms with Crippen LogP contribution in [0, 0.1) is 22.7 Å². The highest BCUT2D eigenvalue weighted by molar-refractivity contribution is 8.33. The normalized spacial score (nSPS) is 40.7. The molecule has 5 nitrogen and oxygen atoms in total. The first-order chi connectivity index (χ1) is 12.5. The first-order valence-corrected chi connectivity index (χ1v) is 13.8. The van der Waals surface area contributed by atoms with E-state index < -0.39 is 25.8 Å². The largest absolute Gasteiger partial charge is 0.299 e. The molecule has 27 heavy (non-hydrogen) atoms. The van der Waals surface area contributed by atoms with Crippen LogP contribution in [0.5, 0.6) is 0 Å². The topological polar surface area (TPSA) is 77.5 Å². The van der Waals surface area contributed by atoms with Crippen LogP contribution in [-0.2, 0) is 23.3 Å². The van der Waals surface area contributed by atoms with Crippen molar-refractivity contribution in [1.82, 2.24) is 0 Å². The van der Waals surface area contributed by atoms with Crippen LogP contribution in [0.15, 0.2) is 0 Å². The molecular weight excluding hydrogens is 384 g/mol. The second kappa shape index (κ2) is 7.13. The Bertz CT molecular complexity index is 729. The molecule has 2 bridgehead atoms. The molecule has 2 aliphatic carbocycles. The Morgan fingerprint density at radius 2 is 2.00 bits per heavy atom. The molecule has 2 saturated carbocycles. The van der Waals surface area contributed by atoms with Crippen LogP contribution in [0.3, 0.4) is 0 Å². The van der Waals surface area contributed by atoms with Crippen LogP contribution in [-0.4, -0.2) is 43.0 Å². The van der Waals surface area contributed by atoms with Gasteiger partial charge < -0.3 is 0 Å². The molecule has 4 atom stereocenters. The molecule has 3 aliphatic rings. The van der Waals surface area contributed by atoms with Crippen LogP contribution in [0.1, 0.15) is 66.2 Å². The van der Waals surface area contributed by atoms with E-state index in [0.29, 0.717) is 36.7 Å². The first-order valence-electron chi connectivity index (χ1n) is 10.2. The van der Waals surface area contributed by atoms with Crippen molar-refractivity contribution in [2.75, 3.05) is 23.0 Å². The molecular formula is C20H34O5S2. The van der Waals surface area contributed by atoms with Crippen molar-refractivity contribution in [1.29, 1.82) is 0 Å². The Labute approximate surface area is 165 Å². The third-order valence-corrected chi connectivity index (χ3v) is 13.3. The Morgan fingerprint density at radius 1 is 1.30 bits per heavy atom. The van der Waals surface area contributed by atoms with Crippen molar-refractivity contribution in [2.45, 2.75) is 66.2 Å². The van der Waals surface area contributed by atoms with E-state index in [-0.39, 0.29) is 34.4 Å². The lowest BCUT2D eigenvalue weighted by atomic mass is 9.70. The highest BCUT2D eigenvalue weighted by atomic mass is 32.3. The summed E-state index contributed by atoms with van der Waals surface area (Å²) in [6, 6.07) is 0. The fourth-order valence-corrected chi connectivity index (χ4v) is 12.7. The molecule has 1 aliphatic heterocycles. The van der Waals surface area contributed by atoms with Crippen LogP contribution in [0.2, 0.25) is 0 Å². The highest BCUT2D eigenvalue weighted by Gasteiger charge is 2.65. The zero-order chi connectivity index (χ0) is 20.1. The third kappa shape index (κ3) is 3.76. The van der Waals surface area contributed by atoms with E-state index in [2.05, 4.69) is 6.92 Å². The first kappa shape index (κ1) is 21.3. The number of Topliss-reactive ketones (excluding diaryl/α,β-unsaturated/α-hetero) is 2. The van der Waals surface area contributed by atoms with Gasteiger partial charge in [0.1, 0.15) is 11.6 Å². The molecule has 156 valence electrons. The second-order valence-electron chi connectivity index (χ2n) is 9.56. The van der Waals surface area contributed by atoms with Crippen LogP contribution in [0.4, 0.5) is 0 Å². The van der Waals surface area contributed by atoms with Gasteiger partial charge in [0.15, 0.2) is 0 Å². The van der Waals surface area contributed by atoms with Crippen molar-refractivity contribution < 1.29 is 21.6 Å². The standard InChI is InChI=1S/C20H34O5S2/c1-5-17(21)13-26(10-6-7-15(2)12-26)25-27(23,24)14-20-9-8-16(11-18(20)22)19(20,3)4/h15-16H,5-14H2,1-4H3. The maximum Gasteiger partial charge on any atom is 0.277 e. The van der Waals surface area contributed by atoms with Crippen molar-refractivity contribution in [3.8, 4) is 0 Å². The molecule has 1 saturated heterocycles. The van der Waals surface area contributed by atoms with Gasteiger partial charge in [-0.25, -0.2) is 3.63 Å². The lowest BCUT2D eigenvalue weighted by Crippen LogP contribution is -2.43. The fraction of sp³-hybridized carbons (Fsp3) is 0.900. The molecule has 0 aromatic carbocycles. The Balaban J connectivity index is 1.85. The summed E-state index contributed by atoms with van der Waals surface area (Å²) in [7, 11) is -5.87. The van der Waals surface area contributed by atoms with Gasteiger partial charge in [0.2, 0.25) is 0 Å². The quantitative estimate of drug-likeness (QED) is 0.627. The van der Waals surface area contributed by atoms with E-state index in [9.17, 15) is 18.0 Å². The summed E-state index contributed by atoms with van der Waals surface area (Å²) in [6.07, 6.45) is 4.40. The van der Waals surface area contributed by atoms with E-state index >= 15 is 0 Å². The SMILES string of the molecule is CCC(=O)CS1(OS(=O)(=O)CC23CCC(CC2=O)C3(C)C)CCCC(C)C1. The molecule has 7 heteroatoms. The number of carbonyl (C=O) groups excluding carboxylic acids is 2. The predicted molar refractivity (Wildman–Crippen MR) is 109 cm³/mol. The average Bonchev–Trinajstić information content (AvgIpc) is 2.87. The molecule has 4 unspecified atom stereocenters. The van der Waals surface area contributed by atoms with Crippen LogP contribution >= 0.6 is 10.3 Å². The van der Waals surface area contributed by atoms with Crippen molar-refractivity contribution in [2.24, 2.45) is 22.7 Å². The molecule has 0 N–H and O–H groups in total. The number of hydrogen-bond donors (Lipinski definition) is 0. The summed E-state index contributed by atoms with van der Waals surface area (Å²) in [5.74, 6) is 2.17. The van der Waals surface area contributed by atoms with Gasteiger partial charge in [-0.15, -0.1) is 10.3 Å². The Hall–Kier alpha value is -0.400. The fourth-order valence-electron chi connectivity index (χ4n) is 5.65. The van der Waals surface area contributed by atoms with Gasteiger partial charge in [-0.3, -0.25) is 9.59 Å². The van der Waals surface area contributed by atoms with Crippen molar-refractivity contribution >= 4 is 32.0 Å². The predicted octanol–water partition coefficient (Wildman–Crippen LogP) is 3.86.